The molecule has 0 spiro atoms. The number of unbranched alkanes of at least 4 members (excludes halogenated alkanes) is 2. The third-order valence-corrected chi connectivity index (χ3v) is 3.16. The number of thioether (sulfide) groups is 1. The predicted molar refractivity (Wildman–Crippen MR) is 62.6 cm³/mol. The molecule has 1 heterocycles. The van der Waals surface area contributed by atoms with E-state index < -0.39 is 5.97 Å². The van der Waals surface area contributed by atoms with Crippen LogP contribution < -0.4 is 0 Å². The molecule has 0 radical (unpaired) electrons. The molecule has 5 nitrogen and oxygen atoms in total. The fraction of sp³-hybridized carbons (Fsp3) is 0.700. The van der Waals surface area contributed by atoms with Gasteiger partial charge in [-0.05, 0) is 13.3 Å². The van der Waals surface area contributed by atoms with E-state index >= 15 is 0 Å². The molecule has 0 atom stereocenters. The fourth-order valence-corrected chi connectivity index (χ4v) is 2.10. The van der Waals surface area contributed by atoms with Crippen molar-refractivity contribution in [3.8, 4) is 0 Å². The van der Waals surface area contributed by atoms with Crippen LogP contribution in [0.1, 0.15) is 32.0 Å². The molecular formula is C10H17N3O2S. The van der Waals surface area contributed by atoms with Gasteiger partial charge in [-0.2, -0.15) is 0 Å². The highest BCUT2D eigenvalue weighted by molar-refractivity contribution is 7.99. The van der Waals surface area contributed by atoms with E-state index in [1.807, 2.05) is 11.5 Å². The van der Waals surface area contributed by atoms with Crippen molar-refractivity contribution in [2.24, 2.45) is 0 Å². The minimum Gasteiger partial charge on any atom is -0.481 e. The summed E-state index contributed by atoms with van der Waals surface area (Å²) in [6, 6.07) is 0. The number of aromatic nitrogens is 3. The summed E-state index contributed by atoms with van der Waals surface area (Å²) in [6.07, 6.45) is 3.41. The number of carbonyl (C=O) groups is 1. The van der Waals surface area contributed by atoms with E-state index in [1.54, 1.807) is 0 Å². The highest BCUT2D eigenvalue weighted by atomic mass is 32.2. The minimum atomic E-state index is -0.828. The van der Waals surface area contributed by atoms with Crippen molar-refractivity contribution in [3.05, 3.63) is 5.82 Å². The predicted octanol–water partition coefficient (Wildman–Crippen LogP) is 1.95. The molecule has 0 saturated carbocycles. The van der Waals surface area contributed by atoms with Gasteiger partial charge >= 0.3 is 5.97 Å². The summed E-state index contributed by atoms with van der Waals surface area (Å²) in [5.41, 5.74) is 0. The van der Waals surface area contributed by atoms with Crippen LogP contribution >= 0.6 is 11.8 Å². The Morgan fingerprint density at radius 3 is 2.81 bits per heavy atom. The summed E-state index contributed by atoms with van der Waals surface area (Å²) in [5, 5.41) is 17.3. The molecule has 0 aliphatic carbocycles. The van der Waals surface area contributed by atoms with Crippen molar-refractivity contribution in [1.29, 1.82) is 0 Å². The van der Waals surface area contributed by atoms with Gasteiger partial charge in [-0.25, -0.2) is 0 Å². The van der Waals surface area contributed by atoms with Crippen LogP contribution in [0.4, 0.5) is 0 Å². The van der Waals surface area contributed by atoms with Crippen LogP contribution in [0.3, 0.4) is 0 Å². The first kappa shape index (κ1) is 13.0. The van der Waals surface area contributed by atoms with Gasteiger partial charge in [-0.15, -0.1) is 10.2 Å². The van der Waals surface area contributed by atoms with Crippen LogP contribution in [0.2, 0.25) is 0 Å². The van der Waals surface area contributed by atoms with Gasteiger partial charge < -0.3 is 9.67 Å². The van der Waals surface area contributed by atoms with Gasteiger partial charge in [0.1, 0.15) is 5.82 Å². The van der Waals surface area contributed by atoms with E-state index in [1.165, 1.54) is 24.6 Å². The summed E-state index contributed by atoms with van der Waals surface area (Å²) in [7, 11) is 0. The number of carboxylic acid groups (broad SMARTS) is 1. The van der Waals surface area contributed by atoms with E-state index in [0.29, 0.717) is 5.16 Å². The summed E-state index contributed by atoms with van der Waals surface area (Å²) in [5.74, 6) is 0.0566. The molecule has 1 aromatic heterocycles. The zero-order valence-corrected chi connectivity index (χ0v) is 10.5. The summed E-state index contributed by atoms with van der Waals surface area (Å²) < 4.78 is 1.99. The van der Waals surface area contributed by atoms with E-state index in [4.69, 9.17) is 5.11 Å². The number of hydrogen-bond donors (Lipinski definition) is 1. The highest BCUT2D eigenvalue weighted by Gasteiger charge is 2.10. The second-order valence-electron chi connectivity index (χ2n) is 3.57. The second kappa shape index (κ2) is 6.52. The van der Waals surface area contributed by atoms with Crippen molar-refractivity contribution < 1.29 is 9.90 Å². The first-order valence-electron chi connectivity index (χ1n) is 5.39. The minimum absolute atomic E-state index is 0.0336. The first-order chi connectivity index (χ1) is 7.65. The number of hydrogen-bond acceptors (Lipinski definition) is 4. The normalized spacial score (nSPS) is 10.6. The summed E-state index contributed by atoms with van der Waals surface area (Å²) in [6.45, 7) is 4.91. The average molecular weight is 243 g/mol. The Morgan fingerprint density at radius 1 is 1.44 bits per heavy atom. The van der Waals surface area contributed by atoms with Crippen molar-refractivity contribution in [3.63, 3.8) is 0 Å². The standard InChI is InChI=1S/C10H17N3O2S/c1-3-4-5-6-13-8(2)11-12-10(13)16-7-9(14)15/h3-7H2,1-2H3,(H,14,15). The lowest BCUT2D eigenvalue weighted by Gasteiger charge is -2.06. The molecule has 1 rings (SSSR count). The second-order valence-corrected chi connectivity index (χ2v) is 4.51. The van der Waals surface area contributed by atoms with Crippen molar-refractivity contribution in [2.45, 2.75) is 44.8 Å². The molecule has 0 aliphatic heterocycles. The molecule has 90 valence electrons. The Bertz CT molecular complexity index is 352. The van der Waals surface area contributed by atoms with Crippen molar-refractivity contribution in [2.75, 3.05) is 5.75 Å². The average Bonchev–Trinajstić information content (AvgIpc) is 2.58. The van der Waals surface area contributed by atoms with Gasteiger partial charge in [0.25, 0.3) is 0 Å². The molecule has 0 aliphatic rings. The van der Waals surface area contributed by atoms with Gasteiger partial charge in [0.15, 0.2) is 5.16 Å². The van der Waals surface area contributed by atoms with Gasteiger partial charge in [-0.1, -0.05) is 31.5 Å². The van der Waals surface area contributed by atoms with Gasteiger partial charge in [-0.3, -0.25) is 4.79 Å². The molecule has 6 heteroatoms. The van der Waals surface area contributed by atoms with Crippen molar-refractivity contribution >= 4 is 17.7 Å². The van der Waals surface area contributed by atoms with Crippen LogP contribution in [0.5, 0.6) is 0 Å². The quantitative estimate of drug-likeness (QED) is 0.585. The van der Waals surface area contributed by atoms with E-state index in [0.717, 1.165) is 18.8 Å². The Kier molecular flexibility index (Phi) is 5.31. The molecule has 0 aromatic carbocycles. The molecule has 0 bridgehead atoms. The number of nitrogens with zero attached hydrogens (tertiary/aromatic N) is 3. The fourth-order valence-electron chi connectivity index (χ4n) is 1.37. The third-order valence-electron chi connectivity index (χ3n) is 2.21. The maximum absolute atomic E-state index is 10.5. The van der Waals surface area contributed by atoms with E-state index in [2.05, 4.69) is 17.1 Å². The summed E-state index contributed by atoms with van der Waals surface area (Å²) in [4.78, 5) is 10.5. The Morgan fingerprint density at radius 2 is 2.19 bits per heavy atom. The third kappa shape index (κ3) is 3.84. The molecule has 16 heavy (non-hydrogen) atoms. The van der Waals surface area contributed by atoms with Crippen LogP contribution in [0.15, 0.2) is 5.16 Å². The number of rotatable bonds is 7. The Labute approximate surface area is 99.3 Å². The SMILES string of the molecule is CCCCCn1c(C)nnc1SCC(=O)O. The van der Waals surface area contributed by atoms with Gasteiger partial charge in [0, 0.05) is 6.54 Å². The molecule has 0 unspecified atom stereocenters. The lowest BCUT2D eigenvalue weighted by molar-refractivity contribution is -0.133. The molecule has 0 amide bonds. The lowest BCUT2D eigenvalue weighted by Crippen LogP contribution is -2.05. The molecular weight excluding hydrogens is 226 g/mol. The van der Waals surface area contributed by atoms with E-state index in [-0.39, 0.29) is 5.75 Å². The lowest BCUT2D eigenvalue weighted by atomic mass is 10.2. The van der Waals surface area contributed by atoms with Crippen LogP contribution in [0.25, 0.3) is 0 Å². The highest BCUT2D eigenvalue weighted by Crippen LogP contribution is 2.17. The van der Waals surface area contributed by atoms with Crippen LogP contribution in [-0.2, 0) is 11.3 Å². The largest absolute Gasteiger partial charge is 0.481 e. The van der Waals surface area contributed by atoms with E-state index in [9.17, 15) is 4.79 Å². The maximum Gasteiger partial charge on any atom is 0.313 e. The zero-order chi connectivity index (χ0) is 12.0. The monoisotopic (exact) mass is 243 g/mol. The van der Waals surface area contributed by atoms with Gasteiger partial charge in [0.2, 0.25) is 0 Å². The Hall–Kier alpha value is -1.04. The topological polar surface area (TPSA) is 68.0 Å². The summed E-state index contributed by atoms with van der Waals surface area (Å²) >= 11 is 1.22. The van der Waals surface area contributed by atoms with Crippen molar-refractivity contribution in [1.82, 2.24) is 14.8 Å². The van der Waals surface area contributed by atoms with Crippen LogP contribution in [0, 0.1) is 6.92 Å². The first-order valence-corrected chi connectivity index (χ1v) is 6.38. The smallest absolute Gasteiger partial charge is 0.313 e. The number of carboxylic acids is 1. The number of aliphatic carboxylic acids is 1. The van der Waals surface area contributed by atoms with Gasteiger partial charge in [0.05, 0.1) is 5.75 Å². The molecule has 0 saturated heterocycles. The maximum atomic E-state index is 10.5. The number of aryl methyl sites for hydroxylation is 1. The zero-order valence-electron chi connectivity index (χ0n) is 9.64. The Balaban J connectivity index is 2.58. The molecule has 1 N–H and O–H groups in total. The van der Waals surface area contributed by atoms with Crippen LogP contribution in [-0.4, -0.2) is 31.6 Å². The molecule has 1 aromatic rings. The molecule has 0 fully saturated rings.